The lowest BCUT2D eigenvalue weighted by atomic mass is 10.0. The Hall–Kier alpha value is -2.04. The molecule has 2 rings (SSSR count). The molecule has 0 saturated carbocycles. The van der Waals surface area contributed by atoms with Gasteiger partial charge in [-0.1, -0.05) is 25.1 Å². The van der Waals surface area contributed by atoms with Gasteiger partial charge in [-0.25, -0.2) is 0 Å². The molecule has 0 bridgehead atoms. The van der Waals surface area contributed by atoms with Crippen molar-refractivity contribution in [1.29, 1.82) is 0 Å². The summed E-state index contributed by atoms with van der Waals surface area (Å²) in [6.45, 7) is 2.93. The predicted octanol–water partition coefficient (Wildman–Crippen LogP) is 1.49. The molecule has 5 heteroatoms. The van der Waals surface area contributed by atoms with Crippen molar-refractivity contribution in [2.75, 3.05) is 13.2 Å². The Balaban J connectivity index is 1.66. The van der Waals surface area contributed by atoms with Crippen molar-refractivity contribution < 1.29 is 14.3 Å². The van der Waals surface area contributed by atoms with Gasteiger partial charge in [0.15, 0.2) is 0 Å². The minimum Gasteiger partial charge on any atom is -0.494 e. The molecule has 0 unspecified atom stereocenters. The fourth-order valence-electron chi connectivity index (χ4n) is 2.20. The third-order valence-corrected chi connectivity index (χ3v) is 3.62. The van der Waals surface area contributed by atoms with Crippen molar-refractivity contribution in [3.8, 4) is 5.75 Å². The van der Waals surface area contributed by atoms with Crippen molar-refractivity contribution in [3.05, 3.63) is 30.3 Å². The minimum absolute atomic E-state index is 0.0211. The molecule has 1 aromatic rings. The average Bonchev–Trinajstić information content (AvgIpc) is 2.50. The highest BCUT2D eigenvalue weighted by molar-refractivity contribution is 5.80. The fraction of sp³-hybridized carbons (Fsp3) is 0.500. The van der Waals surface area contributed by atoms with Gasteiger partial charge in [-0.15, -0.1) is 0 Å². The monoisotopic (exact) mass is 290 g/mol. The summed E-state index contributed by atoms with van der Waals surface area (Å²) < 4.78 is 5.59. The van der Waals surface area contributed by atoms with Crippen LogP contribution < -0.4 is 15.4 Å². The Morgan fingerprint density at radius 3 is 2.86 bits per heavy atom. The van der Waals surface area contributed by atoms with E-state index in [0.29, 0.717) is 32.4 Å². The van der Waals surface area contributed by atoms with Crippen molar-refractivity contribution in [2.45, 2.75) is 32.2 Å². The van der Waals surface area contributed by atoms with Gasteiger partial charge in [0.1, 0.15) is 5.75 Å². The lowest BCUT2D eigenvalue weighted by molar-refractivity contribution is -0.127. The maximum atomic E-state index is 12.1. The topological polar surface area (TPSA) is 67.4 Å². The normalized spacial score (nSPS) is 19.5. The number of hydrogen-bond acceptors (Lipinski definition) is 3. The van der Waals surface area contributed by atoms with Crippen molar-refractivity contribution in [1.82, 2.24) is 10.6 Å². The zero-order valence-corrected chi connectivity index (χ0v) is 12.3. The zero-order valence-electron chi connectivity index (χ0n) is 12.3. The van der Waals surface area contributed by atoms with Crippen LogP contribution in [-0.4, -0.2) is 31.0 Å². The van der Waals surface area contributed by atoms with Crippen LogP contribution >= 0.6 is 0 Å². The molecule has 1 fully saturated rings. The van der Waals surface area contributed by atoms with E-state index in [-0.39, 0.29) is 23.8 Å². The molecule has 2 N–H and O–H groups in total. The molecular formula is C16H22N2O3. The number of carbonyl (C=O) groups is 2. The van der Waals surface area contributed by atoms with Crippen LogP contribution in [0.4, 0.5) is 0 Å². The average molecular weight is 290 g/mol. The maximum absolute atomic E-state index is 12.1. The number of nitrogens with one attached hydrogen (secondary N) is 2. The van der Waals surface area contributed by atoms with Gasteiger partial charge in [0.25, 0.3) is 0 Å². The number of rotatable bonds is 6. The molecule has 0 aromatic heterocycles. The molecule has 2 amide bonds. The molecule has 1 heterocycles. The molecular weight excluding hydrogens is 268 g/mol. The first-order valence-electron chi connectivity index (χ1n) is 7.40. The van der Waals surface area contributed by atoms with Gasteiger partial charge in [0.05, 0.1) is 6.61 Å². The number of hydrogen-bond donors (Lipinski definition) is 2. The smallest absolute Gasteiger partial charge is 0.223 e. The molecule has 114 valence electrons. The summed E-state index contributed by atoms with van der Waals surface area (Å²) in [6, 6.07) is 9.62. The fourth-order valence-corrected chi connectivity index (χ4v) is 2.20. The number of para-hydroxylation sites is 1. The third kappa shape index (κ3) is 5.10. The standard InChI is InChI=1S/C16H22N2O3/c1-12(9-10-21-14-5-3-2-4-6-14)16(20)18-13-7-8-15(19)17-11-13/h2-6,12-13H,7-11H2,1H3,(H,17,19)(H,18,20)/t12-,13+/m1/s1. The molecule has 5 nitrogen and oxygen atoms in total. The van der Waals surface area contributed by atoms with Crippen LogP contribution in [0.25, 0.3) is 0 Å². The zero-order chi connectivity index (χ0) is 15.1. The van der Waals surface area contributed by atoms with Crippen LogP contribution in [0.2, 0.25) is 0 Å². The first-order chi connectivity index (χ1) is 10.1. The highest BCUT2D eigenvalue weighted by Gasteiger charge is 2.22. The van der Waals surface area contributed by atoms with Gasteiger partial charge in [-0.2, -0.15) is 0 Å². The summed E-state index contributed by atoms with van der Waals surface area (Å²) in [5.41, 5.74) is 0. The van der Waals surface area contributed by atoms with Gasteiger partial charge in [-0.3, -0.25) is 9.59 Å². The minimum atomic E-state index is -0.105. The molecule has 21 heavy (non-hydrogen) atoms. The first-order valence-corrected chi connectivity index (χ1v) is 7.40. The second kappa shape index (κ2) is 7.67. The Morgan fingerprint density at radius 1 is 1.43 bits per heavy atom. The van der Waals surface area contributed by atoms with Gasteiger partial charge >= 0.3 is 0 Å². The van der Waals surface area contributed by atoms with E-state index >= 15 is 0 Å². The van der Waals surface area contributed by atoms with E-state index < -0.39 is 0 Å². The van der Waals surface area contributed by atoms with Crippen LogP contribution in [0.3, 0.4) is 0 Å². The summed E-state index contributed by atoms with van der Waals surface area (Å²) >= 11 is 0. The largest absolute Gasteiger partial charge is 0.494 e. The molecule has 1 aliphatic rings. The van der Waals surface area contributed by atoms with E-state index in [0.717, 1.165) is 5.75 Å². The highest BCUT2D eigenvalue weighted by Crippen LogP contribution is 2.11. The first kappa shape index (κ1) is 15.4. The van der Waals surface area contributed by atoms with Crippen LogP contribution in [0, 0.1) is 5.92 Å². The van der Waals surface area contributed by atoms with Gasteiger partial charge in [0, 0.05) is 24.9 Å². The van der Waals surface area contributed by atoms with E-state index in [1.54, 1.807) is 0 Å². The van der Waals surface area contributed by atoms with E-state index in [4.69, 9.17) is 4.74 Å². The van der Waals surface area contributed by atoms with Crippen molar-refractivity contribution >= 4 is 11.8 Å². The lowest BCUT2D eigenvalue weighted by Crippen LogP contribution is -2.49. The Bertz CT molecular complexity index is 466. The predicted molar refractivity (Wildman–Crippen MR) is 79.9 cm³/mol. The summed E-state index contributed by atoms with van der Waals surface area (Å²) in [4.78, 5) is 23.1. The second-order valence-corrected chi connectivity index (χ2v) is 5.40. The summed E-state index contributed by atoms with van der Waals surface area (Å²) in [6.07, 6.45) is 1.86. The van der Waals surface area contributed by atoms with E-state index in [1.807, 2.05) is 37.3 Å². The Kier molecular flexibility index (Phi) is 5.60. The molecule has 1 saturated heterocycles. The quantitative estimate of drug-likeness (QED) is 0.834. The van der Waals surface area contributed by atoms with Gasteiger partial charge in [-0.05, 0) is 25.0 Å². The van der Waals surface area contributed by atoms with Gasteiger partial charge in [0.2, 0.25) is 11.8 Å². The molecule has 0 spiro atoms. The number of ether oxygens (including phenoxy) is 1. The van der Waals surface area contributed by atoms with E-state index in [9.17, 15) is 9.59 Å². The van der Waals surface area contributed by atoms with Crippen molar-refractivity contribution in [3.63, 3.8) is 0 Å². The van der Waals surface area contributed by atoms with Crippen molar-refractivity contribution in [2.24, 2.45) is 5.92 Å². The molecule has 0 radical (unpaired) electrons. The van der Waals surface area contributed by atoms with Crippen LogP contribution in [0.1, 0.15) is 26.2 Å². The molecule has 1 aliphatic heterocycles. The summed E-state index contributed by atoms with van der Waals surface area (Å²) in [5, 5.41) is 5.74. The maximum Gasteiger partial charge on any atom is 0.223 e. The SMILES string of the molecule is C[C@H](CCOc1ccccc1)C(=O)N[C@H]1CCC(=O)NC1. The Labute approximate surface area is 125 Å². The lowest BCUT2D eigenvalue weighted by Gasteiger charge is -2.25. The molecule has 0 aliphatic carbocycles. The molecule has 1 aromatic carbocycles. The van der Waals surface area contributed by atoms with E-state index in [1.165, 1.54) is 0 Å². The number of amides is 2. The molecule has 2 atom stereocenters. The summed E-state index contributed by atoms with van der Waals surface area (Å²) in [5.74, 6) is 0.795. The van der Waals surface area contributed by atoms with Crippen LogP contribution in [0.5, 0.6) is 5.75 Å². The summed E-state index contributed by atoms with van der Waals surface area (Å²) in [7, 11) is 0. The number of carbonyl (C=O) groups excluding carboxylic acids is 2. The van der Waals surface area contributed by atoms with E-state index in [2.05, 4.69) is 10.6 Å². The van der Waals surface area contributed by atoms with Crippen LogP contribution in [-0.2, 0) is 9.59 Å². The highest BCUT2D eigenvalue weighted by atomic mass is 16.5. The number of piperidine rings is 1. The third-order valence-electron chi connectivity index (χ3n) is 3.62. The second-order valence-electron chi connectivity index (χ2n) is 5.40. The number of benzene rings is 1. The van der Waals surface area contributed by atoms with Crippen LogP contribution in [0.15, 0.2) is 30.3 Å². The van der Waals surface area contributed by atoms with Gasteiger partial charge < -0.3 is 15.4 Å². The Morgan fingerprint density at radius 2 is 2.19 bits per heavy atom.